The van der Waals surface area contributed by atoms with Crippen molar-refractivity contribution < 1.29 is 19.4 Å². The Bertz CT molecular complexity index is 807. The number of nitrogens with one attached hydrogen (secondary N) is 1. The number of rotatable bonds is 10. The number of carbonyl (C=O) groups is 1. The summed E-state index contributed by atoms with van der Waals surface area (Å²) in [6.07, 6.45) is 0. The first-order chi connectivity index (χ1) is 13.3. The maximum absolute atomic E-state index is 11.4. The second-order valence-corrected chi connectivity index (χ2v) is 7.39. The van der Waals surface area contributed by atoms with Crippen molar-refractivity contribution in [2.75, 3.05) is 6.61 Å². The molecule has 5 nitrogen and oxygen atoms in total. The van der Waals surface area contributed by atoms with Gasteiger partial charge in [-0.05, 0) is 42.5 Å². The predicted octanol–water partition coefficient (Wildman–Crippen LogP) is 4.82. The van der Waals surface area contributed by atoms with Gasteiger partial charge >= 0.3 is 5.97 Å². The SMILES string of the molecule is CCOc1cc(CNC(C(=O)O)C(C)C)c(Cl)cc1OCc1ccccc1C. The molecule has 1 unspecified atom stereocenters. The maximum atomic E-state index is 11.4. The van der Waals surface area contributed by atoms with E-state index in [-0.39, 0.29) is 5.92 Å². The number of carboxylic acids is 1. The van der Waals surface area contributed by atoms with Crippen LogP contribution in [0.3, 0.4) is 0 Å². The first kappa shape index (κ1) is 22.1. The minimum atomic E-state index is -0.880. The summed E-state index contributed by atoms with van der Waals surface area (Å²) in [5.41, 5.74) is 3.01. The molecule has 0 spiro atoms. The molecule has 6 heteroatoms. The van der Waals surface area contributed by atoms with Crippen LogP contribution in [-0.4, -0.2) is 23.7 Å². The van der Waals surface area contributed by atoms with Gasteiger partial charge in [0.1, 0.15) is 12.6 Å². The molecule has 2 aromatic rings. The number of halogens is 1. The Kier molecular flexibility index (Phi) is 8.15. The van der Waals surface area contributed by atoms with E-state index in [1.165, 1.54) is 0 Å². The fourth-order valence-corrected chi connectivity index (χ4v) is 3.07. The molecule has 0 saturated carbocycles. The molecule has 0 aliphatic carbocycles. The van der Waals surface area contributed by atoms with Crippen molar-refractivity contribution in [3.8, 4) is 11.5 Å². The van der Waals surface area contributed by atoms with Crippen LogP contribution in [0.4, 0.5) is 0 Å². The molecular weight excluding hydrogens is 378 g/mol. The quantitative estimate of drug-likeness (QED) is 0.592. The highest BCUT2D eigenvalue weighted by atomic mass is 35.5. The third kappa shape index (κ3) is 5.88. The number of hydrogen-bond acceptors (Lipinski definition) is 4. The van der Waals surface area contributed by atoms with E-state index in [0.717, 1.165) is 16.7 Å². The van der Waals surface area contributed by atoms with Crippen LogP contribution in [0.2, 0.25) is 5.02 Å². The average molecular weight is 406 g/mol. The summed E-state index contributed by atoms with van der Waals surface area (Å²) in [6.45, 7) is 8.89. The molecule has 0 bridgehead atoms. The summed E-state index contributed by atoms with van der Waals surface area (Å²) in [5, 5.41) is 12.9. The highest BCUT2D eigenvalue weighted by Gasteiger charge is 2.21. The van der Waals surface area contributed by atoms with E-state index in [1.54, 1.807) is 6.07 Å². The number of hydrogen-bond donors (Lipinski definition) is 2. The molecule has 0 aliphatic heterocycles. The lowest BCUT2D eigenvalue weighted by Crippen LogP contribution is -2.40. The second kappa shape index (κ2) is 10.3. The van der Waals surface area contributed by atoms with Gasteiger partial charge in [-0.1, -0.05) is 49.7 Å². The lowest BCUT2D eigenvalue weighted by atomic mass is 10.0. The van der Waals surface area contributed by atoms with Crippen molar-refractivity contribution in [2.24, 2.45) is 5.92 Å². The predicted molar refractivity (Wildman–Crippen MR) is 111 cm³/mol. The third-order valence-corrected chi connectivity index (χ3v) is 4.85. The first-order valence-electron chi connectivity index (χ1n) is 9.42. The topological polar surface area (TPSA) is 67.8 Å². The molecule has 0 amide bonds. The van der Waals surface area contributed by atoms with Gasteiger partial charge in [0.05, 0.1) is 6.61 Å². The number of aryl methyl sites for hydroxylation is 1. The largest absolute Gasteiger partial charge is 0.490 e. The van der Waals surface area contributed by atoms with Crippen LogP contribution < -0.4 is 14.8 Å². The Hall–Kier alpha value is -2.24. The summed E-state index contributed by atoms with van der Waals surface area (Å²) < 4.78 is 11.7. The van der Waals surface area contributed by atoms with Crippen LogP contribution in [-0.2, 0) is 17.9 Å². The van der Waals surface area contributed by atoms with Gasteiger partial charge in [-0.15, -0.1) is 0 Å². The van der Waals surface area contributed by atoms with E-state index in [2.05, 4.69) is 5.32 Å². The summed E-state index contributed by atoms with van der Waals surface area (Å²) in [7, 11) is 0. The van der Waals surface area contributed by atoms with Gasteiger partial charge in [0.2, 0.25) is 0 Å². The van der Waals surface area contributed by atoms with Gasteiger partial charge in [-0.25, -0.2) is 0 Å². The van der Waals surface area contributed by atoms with Crippen LogP contribution in [0.5, 0.6) is 11.5 Å². The van der Waals surface area contributed by atoms with E-state index in [9.17, 15) is 9.90 Å². The summed E-state index contributed by atoms with van der Waals surface area (Å²) in [5.74, 6) is 0.236. The van der Waals surface area contributed by atoms with Crippen LogP contribution in [0.25, 0.3) is 0 Å². The number of carboxylic acid groups (broad SMARTS) is 1. The van der Waals surface area contributed by atoms with Crippen LogP contribution in [0.15, 0.2) is 36.4 Å². The summed E-state index contributed by atoms with van der Waals surface area (Å²) in [4.78, 5) is 11.4. The van der Waals surface area contributed by atoms with Crippen LogP contribution in [0.1, 0.15) is 37.5 Å². The molecule has 0 aliphatic rings. The van der Waals surface area contributed by atoms with Crippen molar-refractivity contribution >= 4 is 17.6 Å². The molecule has 1 atom stereocenters. The summed E-state index contributed by atoms with van der Waals surface area (Å²) >= 11 is 6.43. The molecule has 2 aromatic carbocycles. The smallest absolute Gasteiger partial charge is 0.320 e. The van der Waals surface area contributed by atoms with Crippen LogP contribution in [0, 0.1) is 12.8 Å². The van der Waals surface area contributed by atoms with E-state index in [0.29, 0.717) is 36.3 Å². The molecule has 0 aromatic heterocycles. The highest BCUT2D eigenvalue weighted by molar-refractivity contribution is 6.31. The molecule has 0 saturated heterocycles. The second-order valence-electron chi connectivity index (χ2n) is 6.98. The van der Waals surface area contributed by atoms with Gasteiger partial charge in [-0.2, -0.15) is 0 Å². The molecule has 28 heavy (non-hydrogen) atoms. The monoisotopic (exact) mass is 405 g/mol. The zero-order valence-electron chi connectivity index (χ0n) is 16.8. The van der Waals surface area contributed by atoms with Crippen molar-refractivity contribution in [2.45, 2.75) is 46.9 Å². The lowest BCUT2D eigenvalue weighted by Gasteiger charge is -2.20. The van der Waals surface area contributed by atoms with Gasteiger partial charge in [0.15, 0.2) is 11.5 Å². The Balaban J connectivity index is 2.18. The number of aliphatic carboxylic acids is 1. The maximum Gasteiger partial charge on any atom is 0.320 e. The zero-order valence-corrected chi connectivity index (χ0v) is 17.5. The Morgan fingerprint density at radius 1 is 1.14 bits per heavy atom. The fourth-order valence-electron chi connectivity index (χ4n) is 2.85. The van der Waals surface area contributed by atoms with Crippen molar-refractivity contribution in [1.29, 1.82) is 0 Å². The van der Waals surface area contributed by atoms with E-state index in [1.807, 2.05) is 58.0 Å². The molecule has 0 heterocycles. The lowest BCUT2D eigenvalue weighted by molar-refractivity contribution is -0.140. The zero-order chi connectivity index (χ0) is 20.7. The van der Waals surface area contributed by atoms with Crippen molar-refractivity contribution in [3.63, 3.8) is 0 Å². The summed E-state index contributed by atoms with van der Waals surface area (Å²) in [6, 6.07) is 10.9. The molecule has 0 fully saturated rings. The average Bonchev–Trinajstić information content (AvgIpc) is 2.63. The van der Waals surface area contributed by atoms with Gasteiger partial charge in [0, 0.05) is 17.6 Å². The molecule has 2 N–H and O–H groups in total. The highest BCUT2D eigenvalue weighted by Crippen LogP contribution is 2.34. The van der Waals surface area contributed by atoms with E-state index < -0.39 is 12.0 Å². The van der Waals surface area contributed by atoms with E-state index in [4.69, 9.17) is 21.1 Å². The molecule has 2 rings (SSSR count). The Labute approximate surface area is 171 Å². The van der Waals surface area contributed by atoms with Crippen molar-refractivity contribution in [1.82, 2.24) is 5.32 Å². The first-order valence-corrected chi connectivity index (χ1v) is 9.80. The molecule has 0 radical (unpaired) electrons. The molecular formula is C22H28ClNO4. The third-order valence-electron chi connectivity index (χ3n) is 4.50. The number of ether oxygens (including phenoxy) is 2. The fraction of sp³-hybridized carbons (Fsp3) is 0.409. The Morgan fingerprint density at radius 2 is 1.82 bits per heavy atom. The Morgan fingerprint density at radius 3 is 2.43 bits per heavy atom. The molecule has 152 valence electrons. The van der Waals surface area contributed by atoms with Gasteiger partial charge < -0.3 is 19.9 Å². The van der Waals surface area contributed by atoms with E-state index >= 15 is 0 Å². The van der Waals surface area contributed by atoms with Gasteiger partial charge in [-0.3, -0.25) is 4.79 Å². The van der Waals surface area contributed by atoms with Crippen LogP contribution >= 0.6 is 11.6 Å². The standard InChI is InChI=1S/C22H28ClNO4/c1-5-27-19-10-17(12-24-21(14(2)3)22(25)26)18(23)11-20(19)28-13-16-9-7-6-8-15(16)4/h6-11,14,21,24H,5,12-13H2,1-4H3,(H,25,26). The van der Waals surface area contributed by atoms with Crippen molar-refractivity contribution in [3.05, 3.63) is 58.1 Å². The number of benzene rings is 2. The minimum absolute atomic E-state index is 0.0423. The minimum Gasteiger partial charge on any atom is -0.490 e. The van der Waals surface area contributed by atoms with Gasteiger partial charge in [0.25, 0.3) is 0 Å². The normalized spacial score (nSPS) is 12.1.